The Hall–Kier alpha value is -4.04. The van der Waals surface area contributed by atoms with Crippen LogP contribution in [0.2, 0.25) is 0 Å². The zero-order valence-corrected chi connectivity index (χ0v) is 23.3. The van der Waals surface area contributed by atoms with Gasteiger partial charge >= 0.3 is 5.97 Å². The Morgan fingerprint density at radius 3 is 2.46 bits per heavy atom. The number of carbonyl (C=O) groups is 1. The fraction of sp³-hybridized carbons (Fsp3) is 0.290. The molecule has 7 nitrogen and oxygen atoms in total. The summed E-state index contributed by atoms with van der Waals surface area (Å²) in [4.78, 5) is 16.2. The van der Waals surface area contributed by atoms with Crippen molar-refractivity contribution in [3.63, 3.8) is 0 Å². The highest BCUT2D eigenvalue weighted by Gasteiger charge is 2.15. The summed E-state index contributed by atoms with van der Waals surface area (Å²) in [6, 6.07) is 16.3. The molecule has 0 amide bonds. The molecule has 8 heteroatoms. The number of hydrogen-bond donors (Lipinski definition) is 1. The van der Waals surface area contributed by atoms with Crippen LogP contribution in [0.4, 0.5) is 0 Å². The van der Waals surface area contributed by atoms with E-state index in [1.165, 1.54) is 18.4 Å². The van der Waals surface area contributed by atoms with E-state index < -0.39 is 5.97 Å². The largest absolute Gasteiger partial charge is 0.507 e. The highest BCUT2D eigenvalue weighted by Crippen LogP contribution is 2.37. The van der Waals surface area contributed by atoms with E-state index in [-0.39, 0.29) is 5.75 Å². The summed E-state index contributed by atoms with van der Waals surface area (Å²) in [7, 11) is 1.35. The van der Waals surface area contributed by atoms with Crippen LogP contribution in [0.25, 0.3) is 10.6 Å². The summed E-state index contributed by atoms with van der Waals surface area (Å²) < 4.78 is 23.1. The highest BCUT2D eigenvalue weighted by molar-refractivity contribution is 7.13. The molecule has 0 aliphatic heterocycles. The maximum atomic E-state index is 11.9. The summed E-state index contributed by atoms with van der Waals surface area (Å²) in [6.45, 7) is 5.07. The van der Waals surface area contributed by atoms with E-state index in [1.807, 2.05) is 29.6 Å². The number of ether oxygens (including phenoxy) is 4. The van der Waals surface area contributed by atoms with Crippen LogP contribution < -0.4 is 14.2 Å². The van der Waals surface area contributed by atoms with Crippen LogP contribution in [0, 0.1) is 0 Å². The number of carbonyl (C=O) groups excluding carboxylic acids is 1. The molecule has 4 aromatic rings. The Balaban J connectivity index is 1.38. The molecular formula is C31H33NO6S. The molecule has 0 bridgehead atoms. The fourth-order valence-corrected chi connectivity index (χ4v) is 4.84. The highest BCUT2D eigenvalue weighted by atomic mass is 32.1. The number of nitrogens with zero attached hydrogens (tertiary/aromatic N) is 1. The van der Waals surface area contributed by atoms with E-state index in [0.29, 0.717) is 42.4 Å². The van der Waals surface area contributed by atoms with Gasteiger partial charge in [0, 0.05) is 29.6 Å². The fourth-order valence-electron chi connectivity index (χ4n) is 4.18. The molecular weight excluding hydrogens is 514 g/mol. The van der Waals surface area contributed by atoms with Crippen molar-refractivity contribution >= 4 is 17.3 Å². The van der Waals surface area contributed by atoms with Gasteiger partial charge in [-0.05, 0) is 54.8 Å². The summed E-state index contributed by atoms with van der Waals surface area (Å²) in [6.07, 6.45) is 4.87. The van der Waals surface area contributed by atoms with Crippen LogP contribution in [0.3, 0.4) is 0 Å². The zero-order valence-electron chi connectivity index (χ0n) is 22.4. The van der Waals surface area contributed by atoms with Gasteiger partial charge in [0.05, 0.1) is 31.5 Å². The van der Waals surface area contributed by atoms with Crippen LogP contribution in [0.5, 0.6) is 28.7 Å². The number of rotatable bonds is 13. The first kappa shape index (κ1) is 28.0. The molecule has 0 saturated heterocycles. The maximum Gasteiger partial charge on any atom is 0.337 e. The number of hydrogen-bond acceptors (Lipinski definition) is 8. The SMILES string of the molecule is CCCc1c(OCCCOc2cc(O)c(-c3nccs3)cc2CC)cccc1Oc1cccc(C(=O)OC)c1. The van der Waals surface area contributed by atoms with E-state index in [4.69, 9.17) is 18.9 Å². The predicted molar refractivity (Wildman–Crippen MR) is 152 cm³/mol. The number of aryl methyl sites for hydroxylation is 1. The minimum Gasteiger partial charge on any atom is -0.507 e. The maximum absolute atomic E-state index is 11.9. The van der Waals surface area contributed by atoms with Gasteiger partial charge in [-0.25, -0.2) is 9.78 Å². The Labute approximate surface area is 233 Å². The van der Waals surface area contributed by atoms with Crippen molar-refractivity contribution in [2.75, 3.05) is 20.3 Å². The molecule has 39 heavy (non-hydrogen) atoms. The van der Waals surface area contributed by atoms with Gasteiger partial charge in [-0.2, -0.15) is 0 Å². The van der Waals surface area contributed by atoms with Gasteiger partial charge in [-0.15, -0.1) is 11.3 Å². The second-order valence-electron chi connectivity index (χ2n) is 8.82. The third-order valence-corrected chi connectivity index (χ3v) is 6.91. The molecule has 4 rings (SSSR count). The predicted octanol–water partition coefficient (Wildman–Crippen LogP) is 7.46. The molecule has 204 valence electrons. The first-order valence-corrected chi connectivity index (χ1v) is 13.9. The molecule has 1 N–H and O–H groups in total. The molecule has 0 aliphatic carbocycles. The number of esters is 1. The number of benzene rings is 3. The van der Waals surface area contributed by atoms with Crippen molar-refractivity contribution in [2.45, 2.75) is 39.5 Å². The van der Waals surface area contributed by atoms with Crippen molar-refractivity contribution in [3.05, 3.63) is 82.9 Å². The van der Waals surface area contributed by atoms with Crippen LogP contribution in [-0.2, 0) is 17.6 Å². The average Bonchev–Trinajstić information content (AvgIpc) is 3.49. The molecule has 1 heterocycles. The Morgan fingerprint density at radius 2 is 1.74 bits per heavy atom. The molecule has 0 atom stereocenters. The number of phenolic OH excluding ortho intramolecular Hbond substituents is 1. The third kappa shape index (κ3) is 7.09. The normalized spacial score (nSPS) is 10.7. The van der Waals surface area contributed by atoms with Crippen LogP contribution >= 0.6 is 11.3 Å². The van der Waals surface area contributed by atoms with Gasteiger partial charge < -0.3 is 24.1 Å². The van der Waals surface area contributed by atoms with Gasteiger partial charge in [-0.1, -0.05) is 32.4 Å². The molecule has 0 fully saturated rings. The second-order valence-corrected chi connectivity index (χ2v) is 9.72. The number of thiazole rings is 1. The topological polar surface area (TPSA) is 87.1 Å². The lowest BCUT2D eigenvalue weighted by Crippen LogP contribution is -2.07. The minimum absolute atomic E-state index is 0.159. The van der Waals surface area contributed by atoms with Crippen molar-refractivity contribution in [3.8, 4) is 39.3 Å². The first-order chi connectivity index (χ1) is 19.0. The molecule has 0 radical (unpaired) electrons. The van der Waals surface area contributed by atoms with E-state index in [2.05, 4.69) is 18.8 Å². The van der Waals surface area contributed by atoms with Gasteiger partial charge in [0.1, 0.15) is 33.8 Å². The van der Waals surface area contributed by atoms with Gasteiger partial charge in [0.25, 0.3) is 0 Å². The molecule has 0 unspecified atom stereocenters. The van der Waals surface area contributed by atoms with Crippen LogP contribution in [0.1, 0.15) is 48.2 Å². The zero-order chi connectivity index (χ0) is 27.6. The average molecular weight is 548 g/mol. The van der Waals surface area contributed by atoms with E-state index >= 15 is 0 Å². The Bertz CT molecular complexity index is 1390. The first-order valence-electron chi connectivity index (χ1n) is 13.0. The summed E-state index contributed by atoms with van der Waals surface area (Å²) in [5, 5.41) is 13.2. The van der Waals surface area contributed by atoms with E-state index in [9.17, 15) is 9.90 Å². The number of methoxy groups -OCH3 is 1. The molecule has 0 spiro atoms. The molecule has 0 saturated carbocycles. The van der Waals surface area contributed by atoms with Crippen molar-refractivity contribution < 1.29 is 28.8 Å². The quantitative estimate of drug-likeness (QED) is 0.137. The smallest absolute Gasteiger partial charge is 0.337 e. The van der Waals surface area contributed by atoms with Crippen molar-refractivity contribution in [2.24, 2.45) is 0 Å². The van der Waals surface area contributed by atoms with Crippen molar-refractivity contribution in [1.29, 1.82) is 0 Å². The Morgan fingerprint density at radius 1 is 0.974 bits per heavy atom. The number of aromatic nitrogens is 1. The minimum atomic E-state index is -0.412. The molecule has 0 aliphatic rings. The molecule has 3 aromatic carbocycles. The standard InChI is InChI=1S/C31H33NO6S/c1-4-9-24-27(12-7-13-28(24)38-23-11-6-10-22(18-23)31(34)35-3)36-15-8-16-37-29-20-26(33)25(19-21(29)5-2)30-32-14-17-39-30/h6-7,10-14,17-20,33H,4-5,8-9,15-16H2,1-3H3. The Kier molecular flexibility index (Phi) is 9.80. The molecule has 1 aromatic heterocycles. The monoisotopic (exact) mass is 547 g/mol. The third-order valence-electron chi connectivity index (χ3n) is 6.10. The van der Waals surface area contributed by atoms with Gasteiger partial charge in [-0.3, -0.25) is 0 Å². The van der Waals surface area contributed by atoms with Crippen LogP contribution in [0.15, 0.2) is 66.2 Å². The van der Waals surface area contributed by atoms with Gasteiger partial charge in [0.15, 0.2) is 0 Å². The van der Waals surface area contributed by atoms with Crippen LogP contribution in [-0.4, -0.2) is 36.4 Å². The summed E-state index contributed by atoms with van der Waals surface area (Å²) in [5.41, 5.74) is 3.14. The number of phenols is 1. The second kappa shape index (κ2) is 13.7. The summed E-state index contributed by atoms with van der Waals surface area (Å²) in [5.74, 6) is 2.43. The lowest BCUT2D eigenvalue weighted by atomic mass is 10.1. The lowest BCUT2D eigenvalue weighted by molar-refractivity contribution is 0.0600. The summed E-state index contributed by atoms with van der Waals surface area (Å²) >= 11 is 1.49. The van der Waals surface area contributed by atoms with Gasteiger partial charge in [0.2, 0.25) is 0 Å². The van der Waals surface area contributed by atoms with E-state index in [0.717, 1.165) is 46.7 Å². The number of aromatic hydroxyl groups is 1. The van der Waals surface area contributed by atoms with Crippen molar-refractivity contribution in [1.82, 2.24) is 4.98 Å². The lowest BCUT2D eigenvalue weighted by Gasteiger charge is -2.17. The van der Waals surface area contributed by atoms with E-state index in [1.54, 1.807) is 36.5 Å².